The van der Waals surface area contributed by atoms with Crippen molar-refractivity contribution < 1.29 is 4.79 Å². The molecule has 0 radical (unpaired) electrons. The molecule has 21 heavy (non-hydrogen) atoms. The Morgan fingerprint density at radius 1 is 1.29 bits per heavy atom. The molecule has 1 amide bonds. The average molecular weight is 298 g/mol. The van der Waals surface area contributed by atoms with Crippen LogP contribution in [0.4, 0.5) is 0 Å². The highest BCUT2D eigenvalue weighted by atomic mass is 32.1. The summed E-state index contributed by atoms with van der Waals surface area (Å²) in [6, 6.07) is 12.1. The third-order valence-electron chi connectivity index (χ3n) is 3.51. The molecule has 3 aromatic rings. The normalized spacial score (nSPS) is 12.5. The van der Waals surface area contributed by atoms with E-state index in [-0.39, 0.29) is 11.9 Å². The molecular weight excluding hydrogens is 280 g/mol. The van der Waals surface area contributed by atoms with Crippen molar-refractivity contribution >= 4 is 28.1 Å². The van der Waals surface area contributed by atoms with Crippen molar-refractivity contribution in [2.75, 3.05) is 0 Å². The van der Waals surface area contributed by atoms with Crippen LogP contribution in [0.3, 0.4) is 0 Å². The van der Waals surface area contributed by atoms with Crippen molar-refractivity contribution in [3.8, 4) is 0 Å². The minimum Gasteiger partial charge on any atom is -0.361 e. The van der Waals surface area contributed by atoms with E-state index in [2.05, 4.69) is 29.4 Å². The number of aryl methyl sites for hydroxylation is 1. The summed E-state index contributed by atoms with van der Waals surface area (Å²) in [5.74, 6) is -0.0242. The highest BCUT2D eigenvalue weighted by molar-refractivity contribution is 7.11. The predicted molar refractivity (Wildman–Crippen MR) is 88.0 cm³/mol. The lowest BCUT2D eigenvalue weighted by molar-refractivity contribution is 0.0942. The molecular formula is C17H18N2OS. The molecule has 0 aliphatic rings. The largest absolute Gasteiger partial charge is 0.361 e. The maximum Gasteiger partial charge on any atom is 0.253 e. The lowest BCUT2D eigenvalue weighted by Gasteiger charge is -2.13. The summed E-state index contributed by atoms with van der Waals surface area (Å²) < 4.78 is 0. The number of thiophene rings is 1. The minimum atomic E-state index is -0.0242. The summed E-state index contributed by atoms with van der Waals surface area (Å²) in [5, 5.41) is 4.14. The zero-order valence-corrected chi connectivity index (χ0v) is 13.0. The van der Waals surface area contributed by atoms with Crippen LogP contribution in [0.15, 0.2) is 42.6 Å². The second-order valence-electron chi connectivity index (χ2n) is 5.34. The number of carbonyl (C=O) groups is 1. The van der Waals surface area contributed by atoms with E-state index in [4.69, 9.17) is 0 Å². The van der Waals surface area contributed by atoms with Gasteiger partial charge in [-0.15, -0.1) is 11.3 Å². The van der Waals surface area contributed by atoms with Crippen molar-refractivity contribution in [1.29, 1.82) is 0 Å². The molecule has 0 aliphatic carbocycles. The number of H-pyrrole nitrogens is 1. The van der Waals surface area contributed by atoms with E-state index in [1.54, 1.807) is 11.3 Å². The standard InChI is InChI=1S/C17H18N2OS/c1-11(10-14-7-6-12(2)21-14)19-17(20)15-5-3-4-13-8-9-18-16(13)15/h3-9,11,18H,10H2,1-2H3,(H,19,20). The summed E-state index contributed by atoms with van der Waals surface area (Å²) in [5.41, 5.74) is 1.60. The van der Waals surface area contributed by atoms with Gasteiger partial charge >= 0.3 is 0 Å². The highest BCUT2D eigenvalue weighted by Gasteiger charge is 2.14. The number of amides is 1. The SMILES string of the molecule is Cc1ccc(CC(C)NC(=O)c2cccc3cc[nH]c23)s1. The molecule has 108 valence electrons. The van der Waals surface area contributed by atoms with Gasteiger partial charge < -0.3 is 10.3 Å². The van der Waals surface area contributed by atoms with Gasteiger partial charge in [-0.25, -0.2) is 0 Å². The van der Waals surface area contributed by atoms with Crippen LogP contribution in [0, 0.1) is 6.92 Å². The van der Waals surface area contributed by atoms with Crippen LogP contribution in [-0.2, 0) is 6.42 Å². The van der Waals surface area contributed by atoms with E-state index in [1.165, 1.54) is 9.75 Å². The first-order chi connectivity index (χ1) is 10.1. The lowest BCUT2D eigenvalue weighted by Crippen LogP contribution is -2.34. The molecule has 2 N–H and O–H groups in total. The molecule has 1 unspecified atom stereocenters. The maximum atomic E-state index is 12.4. The summed E-state index contributed by atoms with van der Waals surface area (Å²) in [4.78, 5) is 18.2. The second kappa shape index (κ2) is 5.74. The van der Waals surface area contributed by atoms with E-state index >= 15 is 0 Å². The fraction of sp³-hybridized carbons (Fsp3) is 0.235. The number of fused-ring (bicyclic) bond motifs is 1. The van der Waals surface area contributed by atoms with Gasteiger partial charge in [-0.05, 0) is 38.1 Å². The third kappa shape index (κ3) is 3.00. The number of carbonyl (C=O) groups excluding carboxylic acids is 1. The fourth-order valence-corrected chi connectivity index (χ4v) is 3.54. The van der Waals surface area contributed by atoms with Crippen molar-refractivity contribution in [3.05, 3.63) is 57.9 Å². The van der Waals surface area contributed by atoms with Crippen LogP contribution in [0.2, 0.25) is 0 Å². The molecule has 0 saturated carbocycles. The first-order valence-electron chi connectivity index (χ1n) is 7.06. The smallest absolute Gasteiger partial charge is 0.253 e. The molecule has 0 spiro atoms. The molecule has 1 atom stereocenters. The van der Waals surface area contributed by atoms with E-state index in [1.807, 2.05) is 37.4 Å². The number of rotatable bonds is 4. The Morgan fingerprint density at radius 2 is 2.14 bits per heavy atom. The number of aromatic nitrogens is 1. The Balaban J connectivity index is 1.72. The van der Waals surface area contributed by atoms with Gasteiger partial charge in [0.2, 0.25) is 0 Å². The molecule has 3 rings (SSSR count). The molecule has 1 aromatic carbocycles. The van der Waals surface area contributed by atoms with Crippen molar-refractivity contribution in [2.45, 2.75) is 26.3 Å². The molecule has 2 aromatic heterocycles. The van der Waals surface area contributed by atoms with Crippen LogP contribution >= 0.6 is 11.3 Å². The number of hydrogen-bond donors (Lipinski definition) is 2. The fourth-order valence-electron chi connectivity index (χ4n) is 2.52. The number of benzene rings is 1. The van der Waals surface area contributed by atoms with Gasteiger partial charge in [-0.2, -0.15) is 0 Å². The van der Waals surface area contributed by atoms with Gasteiger partial charge in [0.25, 0.3) is 5.91 Å². The number of para-hydroxylation sites is 1. The molecule has 0 fully saturated rings. The van der Waals surface area contributed by atoms with E-state index in [9.17, 15) is 4.79 Å². The first kappa shape index (κ1) is 13.9. The zero-order valence-electron chi connectivity index (χ0n) is 12.1. The predicted octanol–water partition coefficient (Wildman–Crippen LogP) is 3.90. The number of nitrogens with one attached hydrogen (secondary N) is 2. The molecule has 3 nitrogen and oxygen atoms in total. The lowest BCUT2D eigenvalue weighted by atomic mass is 10.1. The molecule has 0 saturated heterocycles. The topological polar surface area (TPSA) is 44.9 Å². The van der Waals surface area contributed by atoms with Gasteiger partial charge in [0.1, 0.15) is 0 Å². The van der Waals surface area contributed by atoms with E-state index in [0.717, 1.165) is 17.3 Å². The van der Waals surface area contributed by atoms with Gasteiger partial charge in [0.15, 0.2) is 0 Å². The number of aromatic amines is 1. The Morgan fingerprint density at radius 3 is 2.90 bits per heavy atom. The van der Waals surface area contributed by atoms with Crippen molar-refractivity contribution in [2.24, 2.45) is 0 Å². The number of hydrogen-bond acceptors (Lipinski definition) is 2. The third-order valence-corrected chi connectivity index (χ3v) is 4.54. The molecule has 4 heteroatoms. The Labute approximate surface area is 128 Å². The van der Waals surface area contributed by atoms with Gasteiger partial charge in [-0.3, -0.25) is 4.79 Å². The van der Waals surface area contributed by atoms with Crippen LogP contribution in [0.1, 0.15) is 27.0 Å². The molecule has 2 heterocycles. The summed E-state index contributed by atoms with van der Waals surface area (Å²) in [6.45, 7) is 4.14. The second-order valence-corrected chi connectivity index (χ2v) is 6.71. The van der Waals surface area contributed by atoms with Gasteiger partial charge in [-0.1, -0.05) is 12.1 Å². The van der Waals surface area contributed by atoms with Gasteiger partial charge in [0.05, 0.1) is 11.1 Å². The highest BCUT2D eigenvalue weighted by Crippen LogP contribution is 2.19. The molecule has 0 bridgehead atoms. The Kier molecular flexibility index (Phi) is 3.80. The average Bonchev–Trinajstić information content (AvgIpc) is 3.06. The zero-order chi connectivity index (χ0) is 14.8. The molecule has 0 aliphatic heterocycles. The minimum absolute atomic E-state index is 0.0242. The maximum absolute atomic E-state index is 12.4. The van der Waals surface area contributed by atoms with Crippen molar-refractivity contribution in [3.63, 3.8) is 0 Å². The van der Waals surface area contributed by atoms with E-state index < -0.39 is 0 Å². The van der Waals surface area contributed by atoms with Crippen LogP contribution in [-0.4, -0.2) is 16.9 Å². The summed E-state index contributed by atoms with van der Waals surface area (Å²) in [7, 11) is 0. The first-order valence-corrected chi connectivity index (χ1v) is 7.87. The summed E-state index contributed by atoms with van der Waals surface area (Å²) >= 11 is 1.79. The van der Waals surface area contributed by atoms with Gasteiger partial charge in [0, 0.05) is 33.8 Å². The summed E-state index contributed by atoms with van der Waals surface area (Å²) in [6.07, 6.45) is 2.73. The van der Waals surface area contributed by atoms with Crippen LogP contribution < -0.4 is 5.32 Å². The quantitative estimate of drug-likeness (QED) is 0.754. The Hall–Kier alpha value is -2.07. The van der Waals surface area contributed by atoms with Crippen LogP contribution in [0.5, 0.6) is 0 Å². The Bertz CT molecular complexity index is 772. The van der Waals surface area contributed by atoms with E-state index in [0.29, 0.717) is 5.56 Å². The van der Waals surface area contributed by atoms with Crippen molar-refractivity contribution in [1.82, 2.24) is 10.3 Å². The monoisotopic (exact) mass is 298 g/mol. The van der Waals surface area contributed by atoms with Crippen LogP contribution in [0.25, 0.3) is 10.9 Å².